The second-order valence-corrected chi connectivity index (χ2v) is 7.51. The van der Waals surface area contributed by atoms with Gasteiger partial charge in [-0.15, -0.1) is 0 Å². The largest absolute Gasteiger partial charge is 0.330 e. The lowest BCUT2D eigenvalue weighted by Crippen LogP contribution is -1.97. The van der Waals surface area contributed by atoms with Gasteiger partial charge in [0.25, 0.3) is 0 Å². The van der Waals surface area contributed by atoms with Gasteiger partial charge in [0, 0.05) is 0 Å². The van der Waals surface area contributed by atoms with Gasteiger partial charge in [0.2, 0.25) is 0 Å². The molecule has 0 heterocycles. The van der Waals surface area contributed by atoms with Crippen LogP contribution in [0.15, 0.2) is 0 Å². The highest BCUT2D eigenvalue weighted by molar-refractivity contribution is 4.50. The van der Waals surface area contributed by atoms with Crippen molar-refractivity contribution >= 4 is 0 Å². The lowest BCUT2D eigenvalue weighted by molar-refractivity contribution is 0.522. The highest BCUT2D eigenvalue weighted by atomic mass is 14.5. The molecule has 0 aromatic heterocycles. The van der Waals surface area contributed by atoms with Crippen LogP contribution >= 0.6 is 0 Å². The predicted molar refractivity (Wildman–Crippen MR) is 118 cm³/mol. The zero-order valence-electron chi connectivity index (χ0n) is 18.4. The van der Waals surface area contributed by atoms with Crippen molar-refractivity contribution in [3.63, 3.8) is 0 Å². The molecule has 0 atom stereocenters. The third-order valence-corrected chi connectivity index (χ3v) is 5.06. The van der Waals surface area contributed by atoms with Crippen molar-refractivity contribution in [3.05, 3.63) is 0 Å². The van der Waals surface area contributed by atoms with Gasteiger partial charge >= 0.3 is 0 Å². The molecule has 1 nitrogen and oxygen atoms in total. The summed E-state index contributed by atoms with van der Waals surface area (Å²) in [6.45, 7) is 7.17. The van der Waals surface area contributed by atoms with E-state index < -0.39 is 0 Å². The van der Waals surface area contributed by atoms with Crippen molar-refractivity contribution in [2.45, 2.75) is 149 Å². The molecule has 0 aliphatic heterocycles. The molecule has 0 spiro atoms. The highest BCUT2D eigenvalue weighted by Gasteiger charge is 1.95. The Kier molecular flexibility index (Phi) is 31.3. The molecule has 154 valence electrons. The fourth-order valence-corrected chi connectivity index (χ4v) is 3.40. The van der Waals surface area contributed by atoms with E-state index >= 15 is 0 Å². The van der Waals surface area contributed by atoms with Gasteiger partial charge in [-0.05, 0) is 13.0 Å². The van der Waals surface area contributed by atoms with Crippen molar-refractivity contribution in [1.29, 1.82) is 0 Å². The molecule has 2 N–H and O–H groups in total. The number of nitrogens with two attached hydrogens (primary N) is 1. The summed E-state index contributed by atoms with van der Waals surface area (Å²) in [5.74, 6) is 0. The van der Waals surface area contributed by atoms with E-state index in [1.807, 2.05) is 13.8 Å². The Hall–Kier alpha value is -0.0400. The molecule has 0 radical (unpaired) electrons. The Balaban J connectivity index is 0. The van der Waals surface area contributed by atoms with Crippen LogP contribution in [0.4, 0.5) is 0 Å². The van der Waals surface area contributed by atoms with E-state index in [-0.39, 0.29) is 0 Å². The average Bonchev–Trinajstić information content (AvgIpc) is 2.65. The van der Waals surface area contributed by atoms with Crippen LogP contribution in [-0.2, 0) is 0 Å². The third kappa shape index (κ3) is 29.0. The predicted octanol–water partition coefficient (Wildman–Crippen LogP) is 8.79. The van der Waals surface area contributed by atoms with E-state index in [1.165, 1.54) is 128 Å². The first-order chi connectivity index (χ1) is 12.4. The van der Waals surface area contributed by atoms with Crippen molar-refractivity contribution in [3.8, 4) is 0 Å². The molecular weight excluding hydrogens is 302 g/mol. The normalized spacial score (nSPS) is 10.6. The average molecular weight is 356 g/mol. The lowest BCUT2D eigenvalue weighted by atomic mass is 10.0. The first-order valence-corrected chi connectivity index (χ1v) is 12.1. The summed E-state index contributed by atoms with van der Waals surface area (Å²) in [4.78, 5) is 0. The first-order valence-electron chi connectivity index (χ1n) is 12.1. The zero-order chi connectivity index (χ0) is 18.8. The maximum absolute atomic E-state index is 5.51. The number of hydrogen-bond donors (Lipinski definition) is 1. The van der Waals surface area contributed by atoms with E-state index in [0.29, 0.717) is 0 Å². The summed E-state index contributed by atoms with van der Waals surface area (Å²) in [7, 11) is 0. The second-order valence-electron chi connectivity index (χ2n) is 7.51. The Morgan fingerprint density at radius 2 is 0.560 bits per heavy atom. The Labute approximate surface area is 161 Å². The van der Waals surface area contributed by atoms with Crippen LogP contribution in [0.25, 0.3) is 0 Å². The fourth-order valence-electron chi connectivity index (χ4n) is 3.40. The van der Waals surface area contributed by atoms with Crippen LogP contribution in [0, 0.1) is 0 Å². The molecule has 0 bridgehead atoms. The van der Waals surface area contributed by atoms with Crippen molar-refractivity contribution < 1.29 is 0 Å². The van der Waals surface area contributed by atoms with Crippen molar-refractivity contribution in [2.24, 2.45) is 5.73 Å². The molecule has 25 heavy (non-hydrogen) atoms. The topological polar surface area (TPSA) is 26.0 Å². The van der Waals surface area contributed by atoms with Crippen LogP contribution in [0.1, 0.15) is 149 Å². The molecule has 0 unspecified atom stereocenters. The monoisotopic (exact) mass is 355 g/mol. The minimum atomic E-state index is 0.874. The molecule has 1 heteroatoms. The smallest absolute Gasteiger partial charge is 0.00773 e. The van der Waals surface area contributed by atoms with Crippen LogP contribution in [-0.4, -0.2) is 6.54 Å². The summed E-state index contributed by atoms with van der Waals surface area (Å²) >= 11 is 0. The quantitative estimate of drug-likeness (QED) is 0.217. The minimum Gasteiger partial charge on any atom is -0.330 e. The van der Waals surface area contributed by atoms with Crippen LogP contribution in [0.2, 0.25) is 0 Å². The number of rotatable bonds is 20. The van der Waals surface area contributed by atoms with Crippen molar-refractivity contribution in [1.82, 2.24) is 0 Å². The first kappa shape index (κ1) is 27.2. The molecular formula is C24H53N. The van der Waals surface area contributed by atoms with Crippen LogP contribution in [0.3, 0.4) is 0 Å². The maximum atomic E-state index is 5.51. The summed E-state index contributed by atoms with van der Waals surface area (Å²) in [6, 6.07) is 0. The molecule has 0 aromatic carbocycles. The van der Waals surface area contributed by atoms with Gasteiger partial charge in [0.15, 0.2) is 0 Å². The summed E-state index contributed by atoms with van der Waals surface area (Å²) in [5, 5.41) is 0. The fraction of sp³-hybridized carbons (Fsp3) is 1.00. The minimum absolute atomic E-state index is 0.874. The molecule has 0 fully saturated rings. The maximum Gasteiger partial charge on any atom is -0.00773 e. The SMILES string of the molecule is CC.CCCCCCCCCCCCCCCCCCCCCCN. The van der Waals surface area contributed by atoms with E-state index in [0.717, 1.165) is 6.54 Å². The van der Waals surface area contributed by atoms with E-state index in [9.17, 15) is 0 Å². The molecule has 0 aliphatic carbocycles. The Morgan fingerprint density at radius 1 is 0.360 bits per heavy atom. The van der Waals surface area contributed by atoms with Crippen LogP contribution in [0.5, 0.6) is 0 Å². The van der Waals surface area contributed by atoms with E-state index in [1.54, 1.807) is 0 Å². The van der Waals surface area contributed by atoms with Crippen molar-refractivity contribution in [2.75, 3.05) is 6.54 Å². The van der Waals surface area contributed by atoms with Gasteiger partial charge < -0.3 is 5.73 Å². The molecule has 0 amide bonds. The number of hydrogen-bond acceptors (Lipinski definition) is 1. The van der Waals surface area contributed by atoms with Gasteiger partial charge in [-0.3, -0.25) is 0 Å². The molecule has 0 aromatic rings. The van der Waals surface area contributed by atoms with Gasteiger partial charge in [0.05, 0.1) is 0 Å². The Bertz CT molecular complexity index is 171. The van der Waals surface area contributed by atoms with Gasteiger partial charge in [0.1, 0.15) is 0 Å². The lowest BCUT2D eigenvalue weighted by Gasteiger charge is -2.04. The van der Waals surface area contributed by atoms with E-state index in [4.69, 9.17) is 5.73 Å². The molecule has 0 saturated heterocycles. The number of unbranched alkanes of at least 4 members (excludes halogenated alkanes) is 19. The highest BCUT2D eigenvalue weighted by Crippen LogP contribution is 2.14. The van der Waals surface area contributed by atoms with Gasteiger partial charge in [-0.25, -0.2) is 0 Å². The second kappa shape index (κ2) is 28.8. The summed E-state index contributed by atoms with van der Waals surface area (Å²) in [5.41, 5.74) is 5.51. The van der Waals surface area contributed by atoms with E-state index in [2.05, 4.69) is 6.92 Å². The third-order valence-electron chi connectivity index (χ3n) is 5.06. The molecule has 0 saturated carbocycles. The standard InChI is InChI=1S/C22H47N.C2H6/c1-2-3-4-5-6-7-8-9-10-11-12-13-14-15-16-17-18-19-20-21-22-23;1-2/h2-23H2,1H3;1-2H3. The Morgan fingerprint density at radius 3 is 0.760 bits per heavy atom. The van der Waals surface area contributed by atoms with Gasteiger partial charge in [-0.2, -0.15) is 0 Å². The zero-order valence-corrected chi connectivity index (χ0v) is 18.4. The summed E-state index contributed by atoms with van der Waals surface area (Å²) in [6.07, 6.45) is 28.8. The van der Waals surface area contributed by atoms with Gasteiger partial charge in [-0.1, -0.05) is 143 Å². The molecule has 0 aliphatic rings. The summed E-state index contributed by atoms with van der Waals surface area (Å²) < 4.78 is 0. The van der Waals surface area contributed by atoms with Crippen LogP contribution < -0.4 is 5.73 Å². The molecule has 0 rings (SSSR count).